The average molecular weight is 352 g/mol. The zero-order valence-corrected chi connectivity index (χ0v) is 15.2. The van der Waals surface area contributed by atoms with Crippen LogP contribution in [-0.4, -0.2) is 0 Å². The normalized spacial score (nSPS) is 12.3. The lowest BCUT2D eigenvalue weighted by Gasteiger charge is -2.15. The first-order valence-corrected chi connectivity index (χ1v) is 9.79. The van der Waals surface area contributed by atoms with E-state index in [1.165, 1.54) is 64.6 Å². The predicted octanol–water partition coefficient (Wildman–Crippen LogP) is 8.04. The van der Waals surface area contributed by atoms with Gasteiger partial charge in [0.15, 0.2) is 0 Å². The third kappa shape index (κ3) is 1.75. The molecular weight excluding hydrogens is 336 g/mol. The van der Waals surface area contributed by atoms with Gasteiger partial charge in [0.1, 0.15) is 0 Å². The molecule has 0 unspecified atom stereocenters. The first kappa shape index (κ1) is 14.4. The summed E-state index contributed by atoms with van der Waals surface area (Å²) in [6.07, 6.45) is 0. The van der Waals surface area contributed by atoms with Crippen LogP contribution in [0, 0.1) is 0 Å². The molecule has 0 aliphatic carbocycles. The molecule has 0 heterocycles. The largest absolute Gasteiger partial charge is 0.0616 e. The first-order valence-electron chi connectivity index (χ1n) is 9.79. The topological polar surface area (TPSA) is 0 Å². The molecule has 0 nitrogen and oxygen atoms in total. The minimum atomic E-state index is 1.30. The second-order valence-corrected chi connectivity index (χ2v) is 7.82. The van der Waals surface area contributed by atoms with Gasteiger partial charge in [-0.2, -0.15) is 0 Å². The maximum absolute atomic E-state index is 2.39. The van der Waals surface area contributed by atoms with Crippen molar-refractivity contribution >= 4 is 64.6 Å². The number of fused-ring (bicyclic) bond motifs is 5. The van der Waals surface area contributed by atoms with Crippen LogP contribution in [0.5, 0.6) is 0 Å². The number of rotatable bonds is 0. The van der Waals surface area contributed by atoms with Crippen LogP contribution in [0.1, 0.15) is 0 Å². The molecule has 0 fully saturated rings. The Balaban J connectivity index is 1.81. The Morgan fingerprint density at radius 2 is 0.750 bits per heavy atom. The summed E-state index contributed by atoms with van der Waals surface area (Å²) in [5.41, 5.74) is 0. The summed E-state index contributed by atoms with van der Waals surface area (Å²) in [7, 11) is 0. The van der Waals surface area contributed by atoms with E-state index in [0.29, 0.717) is 0 Å². The van der Waals surface area contributed by atoms with Crippen molar-refractivity contribution in [1.82, 2.24) is 0 Å². The second kappa shape index (κ2) is 4.99. The van der Waals surface area contributed by atoms with E-state index < -0.39 is 0 Å². The van der Waals surface area contributed by atoms with Crippen molar-refractivity contribution in [2.45, 2.75) is 0 Å². The Morgan fingerprint density at radius 1 is 0.286 bits per heavy atom. The van der Waals surface area contributed by atoms with Gasteiger partial charge < -0.3 is 0 Å². The zero-order chi connectivity index (χ0) is 18.2. The first-order chi connectivity index (χ1) is 13.9. The summed E-state index contributed by atoms with van der Waals surface area (Å²) in [5, 5.41) is 16.0. The standard InChI is InChI=1S/C28H16/c1-2-6-20-14-22-16-26-24-10-4-8-18-12-11-17-7-3-9-23(27(17)28(18)24)25(26)15-21(22)13-19(20)5-1/h1-16H. The smallest absolute Gasteiger partial charge is 0.00203 e. The van der Waals surface area contributed by atoms with Crippen molar-refractivity contribution in [3.63, 3.8) is 0 Å². The third-order valence-corrected chi connectivity index (χ3v) is 6.31. The Kier molecular flexibility index (Phi) is 2.57. The van der Waals surface area contributed by atoms with Crippen LogP contribution in [0.2, 0.25) is 0 Å². The van der Waals surface area contributed by atoms with Gasteiger partial charge >= 0.3 is 0 Å². The summed E-state index contributed by atoms with van der Waals surface area (Å²) in [6, 6.07) is 36.0. The van der Waals surface area contributed by atoms with E-state index in [2.05, 4.69) is 97.1 Å². The van der Waals surface area contributed by atoms with Crippen molar-refractivity contribution in [2.75, 3.05) is 0 Å². The Hall–Kier alpha value is -3.64. The summed E-state index contributed by atoms with van der Waals surface area (Å²) >= 11 is 0. The molecule has 0 bridgehead atoms. The van der Waals surface area contributed by atoms with Gasteiger partial charge in [-0.15, -0.1) is 0 Å². The average Bonchev–Trinajstić information content (AvgIpc) is 2.75. The second-order valence-electron chi connectivity index (χ2n) is 7.82. The molecular formula is C28H16. The van der Waals surface area contributed by atoms with Crippen molar-refractivity contribution in [2.24, 2.45) is 0 Å². The van der Waals surface area contributed by atoms with Crippen LogP contribution in [0.15, 0.2) is 97.1 Å². The van der Waals surface area contributed by atoms with Crippen LogP contribution in [0.3, 0.4) is 0 Å². The van der Waals surface area contributed by atoms with Crippen LogP contribution in [-0.2, 0) is 0 Å². The maximum Gasteiger partial charge on any atom is -0.00203 e. The molecule has 0 aromatic heterocycles. The highest BCUT2D eigenvalue weighted by Crippen LogP contribution is 2.42. The SMILES string of the molecule is c1ccc2cc3cc4c(cc3cc2c1)c1cccc2ccc3cccc4c3c21. The summed E-state index contributed by atoms with van der Waals surface area (Å²) in [4.78, 5) is 0. The van der Waals surface area contributed by atoms with Gasteiger partial charge in [0.05, 0.1) is 0 Å². The number of benzene rings is 7. The molecule has 0 aliphatic heterocycles. The van der Waals surface area contributed by atoms with Gasteiger partial charge in [-0.05, 0) is 88.9 Å². The third-order valence-electron chi connectivity index (χ3n) is 6.31. The highest BCUT2D eigenvalue weighted by atomic mass is 14.2. The fraction of sp³-hybridized carbons (Fsp3) is 0. The predicted molar refractivity (Wildman–Crippen MR) is 123 cm³/mol. The van der Waals surface area contributed by atoms with Gasteiger partial charge in [0.25, 0.3) is 0 Å². The van der Waals surface area contributed by atoms with E-state index in [4.69, 9.17) is 0 Å². The van der Waals surface area contributed by atoms with E-state index >= 15 is 0 Å². The van der Waals surface area contributed by atoms with Crippen molar-refractivity contribution in [3.05, 3.63) is 97.1 Å². The molecule has 7 aromatic carbocycles. The lowest BCUT2D eigenvalue weighted by atomic mass is 9.88. The van der Waals surface area contributed by atoms with Gasteiger partial charge in [-0.3, -0.25) is 0 Å². The van der Waals surface area contributed by atoms with Crippen LogP contribution in [0.4, 0.5) is 0 Å². The quantitative estimate of drug-likeness (QED) is 0.191. The number of hydrogen-bond acceptors (Lipinski definition) is 0. The van der Waals surface area contributed by atoms with Crippen molar-refractivity contribution < 1.29 is 0 Å². The molecule has 0 aliphatic rings. The fourth-order valence-electron chi connectivity index (χ4n) is 5.04. The van der Waals surface area contributed by atoms with Crippen LogP contribution < -0.4 is 0 Å². The van der Waals surface area contributed by atoms with E-state index in [1.54, 1.807) is 0 Å². The Morgan fingerprint density at radius 3 is 1.25 bits per heavy atom. The Labute approximate surface area is 162 Å². The van der Waals surface area contributed by atoms with Gasteiger partial charge in [-0.25, -0.2) is 0 Å². The van der Waals surface area contributed by atoms with Crippen LogP contribution in [0.25, 0.3) is 64.6 Å². The van der Waals surface area contributed by atoms with Gasteiger partial charge in [0.2, 0.25) is 0 Å². The van der Waals surface area contributed by atoms with Crippen LogP contribution >= 0.6 is 0 Å². The molecule has 7 rings (SSSR count). The molecule has 0 radical (unpaired) electrons. The van der Waals surface area contributed by atoms with Gasteiger partial charge in [-0.1, -0.05) is 72.8 Å². The molecule has 128 valence electrons. The van der Waals surface area contributed by atoms with E-state index in [9.17, 15) is 0 Å². The molecule has 0 heteroatoms. The Bertz CT molecular complexity index is 1580. The molecule has 28 heavy (non-hydrogen) atoms. The molecule has 0 atom stereocenters. The fourth-order valence-corrected chi connectivity index (χ4v) is 5.04. The molecule has 0 saturated heterocycles. The van der Waals surface area contributed by atoms with Gasteiger partial charge in [0, 0.05) is 0 Å². The monoisotopic (exact) mass is 352 g/mol. The molecule has 7 aromatic rings. The van der Waals surface area contributed by atoms with E-state index in [0.717, 1.165) is 0 Å². The summed E-state index contributed by atoms with van der Waals surface area (Å²) in [6.45, 7) is 0. The highest BCUT2D eigenvalue weighted by Gasteiger charge is 2.13. The van der Waals surface area contributed by atoms with E-state index in [-0.39, 0.29) is 0 Å². The van der Waals surface area contributed by atoms with Crippen molar-refractivity contribution in [3.8, 4) is 0 Å². The molecule has 0 N–H and O–H groups in total. The molecule has 0 spiro atoms. The highest BCUT2D eigenvalue weighted by molar-refractivity contribution is 6.34. The molecule has 0 amide bonds. The molecule has 0 saturated carbocycles. The lowest BCUT2D eigenvalue weighted by molar-refractivity contribution is 1.79. The minimum Gasteiger partial charge on any atom is -0.0616 e. The van der Waals surface area contributed by atoms with Crippen molar-refractivity contribution in [1.29, 1.82) is 0 Å². The summed E-state index contributed by atoms with van der Waals surface area (Å²) < 4.78 is 0. The number of hydrogen-bond donors (Lipinski definition) is 0. The zero-order valence-electron chi connectivity index (χ0n) is 15.2. The lowest BCUT2D eigenvalue weighted by Crippen LogP contribution is -1.87. The minimum absolute atomic E-state index is 1.30. The maximum atomic E-state index is 2.39. The summed E-state index contributed by atoms with van der Waals surface area (Å²) in [5.74, 6) is 0. The van der Waals surface area contributed by atoms with E-state index in [1.807, 2.05) is 0 Å².